The fourth-order valence-electron chi connectivity index (χ4n) is 2.94. The molecule has 0 aromatic heterocycles. The minimum absolute atomic E-state index is 0.0492. The van der Waals surface area contributed by atoms with Crippen LogP contribution in [0, 0.1) is 13.8 Å². The molecule has 1 aliphatic rings. The summed E-state index contributed by atoms with van der Waals surface area (Å²) in [7, 11) is 0. The van der Waals surface area contributed by atoms with Crippen LogP contribution in [0.3, 0.4) is 0 Å². The molecule has 0 unspecified atom stereocenters. The molecule has 0 atom stereocenters. The minimum Gasteiger partial charge on any atom is -0.376 e. The monoisotopic (exact) mass is 308 g/mol. The van der Waals surface area contributed by atoms with Crippen LogP contribution < -0.4 is 10.6 Å². The van der Waals surface area contributed by atoms with E-state index in [-0.39, 0.29) is 11.3 Å². The fourth-order valence-corrected chi connectivity index (χ4v) is 2.94. The normalized spacial score (nSPS) is 15.0. The zero-order valence-electron chi connectivity index (χ0n) is 13.9. The molecule has 0 radical (unpaired) electrons. The lowest BCUT2D eigenvalue weighted by Crippen LogP contribution is -2.36. The molecule has 120 valence electrons. The van der Waals surface area contributed by atoms with Gasteiger partial charge in [-0.05, 0) is 49.4 Å². The van der Waals surface area contributed by atoms with Crippen molar-refractivity contribution in [1.82, 2.24) is 5.32 Å². The number of carbonyl (C=O) groups excluding carboxylic acids is 1. The van der Waals surface area contributed by atoms with Gasteiger partial charge in [-0.15, -0.1) is 0 Å². The summed E-state index contributed by atoms with van der Waals surface area (Å²) in [5.41, 5.74) is 4.88. The van der Waals surface area contributed by atoms with Gasteiger partial charge >= 0.3 is 0 Å². The Balaban J connectivity index is 1.52. The lowest BCUT2D eigenvalue weighted by Gasteiger charge is -2.17. The van der Waals surface area contributed by atoms with E-state index in [0.717, 1.165) is 30.6 Å². The molecule has 0 saturated heterocycles. The van der Waals surface area contributed by atoms with Gasteiger partial charge in [0.15, 0.2) is 0 Å². The Labute approximate surface area is 138 Å². The van der Waals surface area contributed by atoms with E-state index >= 15 is 0 Å². The van der Waals surface area contributed by atoms with Gasteiger partial charge < -0.3 is 10.6 Å². The molecule has 0 aliphatic heterocycles. The van der Waals surface area contributed by atoms with Gasteiger partial charge in [0, 0.05) is 17.6 Å². The highest BCUT2D eigenvalue weighted by Crippen LogP contribution is 2.47. The first kappa shape index (κ1) is 15.6. The first-order valence-corrected chi connectivity index (χ1v) is 8.22. The van der Waals surface area contributed by atoms with Gasteiger partial charge in [0.1, 0.15) is 0 Å². The highest BCUT2D eigenvalue weighted by atomic mass is 16.1. The first-order valence-electron chi connectivity index (χ1n) is 8.22. The Morgan fingerprint density at radius 3 is 2.52 bits per heavy atom. The number of rotatable bonds is 6. The molecule has 1 aliphatic carbocycles. The summed E-state index contributed by atoms with van der Waals surface area (Å²) < 4.78 is 0. The van der Waals surface area contributed by atoms with Gasteiger partial charge in [-0.1, -0.05) is 42.5 Å². The topological polar surface area (TPSA) is 41.1 Å². The van der Waals surface area contributed by atoms with Crippen LogP contribution in [0.2, 0.25) is 0 Å². The highest BCUT2D eigenvalue weighted by molar-refractivity contribution is 5.81. The molecule has 1 amide bonds. The van der Waals surface area contributed by atoms with Crippen molar-refractivity contribution >= 4 is 11.6 Å². The molecule has 2 aromatic carbocycles. The van der Waals surface area contributed by atoms with Gasteiger partial charge in [-0.2, -0.15) is 0 Å². The highest BCUT2D eigenvalue weighted by Gasteiger charge is 2.44. The Kier molecular flexibility index (Phi) is 4.37. The molecule has 2 N–H and O–H groups in total. The van der Waals surface area contributed by atoms with Crippen LogP contribution >= 0.6 is 0 Å². The molecular weight excluding hydrogens is 284 g/mol. The average molecular weight is 308 g/mol. The van der Waals surface area contributed by atoms with Gasteiger partial charge in [-0.3, -0.25) is 4.79 Å². The zero-order valence-corrected chi connectivity index (χ0v) is 13.9. The van der Waals surface area contributed by atoms with E-state index in [2.05, 4.69) is 60.0 Å². The predicted octanol–water partition coefficient (Wildman–Crippen LogP) is 3.56. The Bertz CT molecular complexity index is 690. The Hall–Kier alpha value is -2.29. The van der Waals surface area contributed by atoms with Crippen molar-refractivity contribution in [3.05, 3.63) is 65.2 Å². The molecule has 23 heavy (non-hydrogen) atoms. The molecule has 1 saturated carbocycles. The summed E-state index contributed by atoms with van der Waals surface area (Å²) in [5, 5.41) is 6.32. The van der Waals surface area contributed by atoms with Crippen molar-refractivity contribution in [3.8, 4) is 0 Å². The number of anilines is 1. The predicted molar refractivity (Wildman–Crippen MR) is 94.8 cm³/mol. The molecule has 3 nitrogen and oxygen atoms in total. The van der Waals surface area contributed by atoms with Crippen LogP contribution in [0.15, 0.2) is 48.5 Å². The second kappa shape index (κ2) is 6.45. The van der Waals surface area contributed by atoms with Crippen molar-refractivity contribution < 1.29 is 4.79 Å². The largest absolute Gasteiger partial charge is 0.376 e. The van der Waals surface area contributed by atoms with Crippen molar-refractivity contribution in [2.24, 2.45) is 0 Å². The third kappa shape index (κ3) is 3.73. The summed E-state index contributed by atoms with van der Waals surface area (Å²) in [6, 6.07) is 16.7. The molecular formula is C20H24N2O. The second-order valence-electron chi connectivity index (χ2n) is 6.60. The summed E-state index contributed by atoms with van der Waals surface area (Å²) in [5.74, 6) is 0.0492. The number of carbonyl (C=O) groups is 1. The number of hydrogen-bond acceptors (Lipinski definition) is 2. The number of benzene rings is 2. The second-order valence-corrected chi connectivity index (χ2v) is 6.60. The Morgan fingerprint density at radius 2 is 1.83 bits per heavy atom. The number of hydrogen-bond donors (Lipinski definition) is 2. The number of nitrogens with one attached hydrogen (secondary N) is 2. The van der Waals surface area contributed by atoms with Gasteiger partial charge in [0.25, 0.3) is 0 Å². The van der Waals surface area contributed by atoms with Crippen molar-refractivity contribution in [3.63, 3.8) is 0 Å². The van der Waals surface area contributed by atoms with Crippen molar-refractivity contribution in [2.45, 2.75) is 32.1 Å². The number of amides is 1. The van der Waals surface area contributed by atoms with Gasteiger partial charge in [0.2, 0.25) is 5.91 Å². The SMILES string of the molecule is Cc1ccc(C)c(NCC(=O)NCC2(c3ccccc3)CC2)c1. The Morgan fingerprint density at radius 1 is 1.09 bits per heavy atom. The maximum atomic E-state index is 12.1. The number of aryl methyl sites for hydroxylation is 2. The van der Waals surface area contributed by atoms with Crippen LogP contribution in [0.5, 0.6) is 0 Å². The summed E-state index contributed by atoms with van der Waals surface area (Å²) in [6.45, 7) is 5.15. The molecule has 0 heterocycles. The zero-order chi connectivity index (χ0) is 16.3. The van der Waals surface area contributed by atoms with Crippen LogP contribution in [0.4, 0.5) is 5.69 Å². The molecule has 3 rings (SSSR count). The minimum atomic E-state index is 0.0492. The van der Waals surface area contributed by atoms with Crippen LogP contribution in [-0.4, -0.2) is 19.0 Å². The van der Waals surface area contributed by atoms with E-state index in [1.165, 1.54) is 11.1 Å². The van der Waals surface area contributed by atoms with E-state index < -0.39 is 0 Å². The molecule has 3 heteroatoms. The quantitative estimate of drug-likeness (QED) is 0.856. The van der Waals surface area contributed by atoms with E-state index in [1.807, 2.05) is 13.0 Å². The van der Waals surface area contributed by atoms with Gasteiger partial charge in [-0.25, -0.2) is 0 Å². The van der Waals surface area contributed by atoms with Crippen LogP contribution in [0.1, 0.15) is 29.5 Å². The van der Waals surface area contributed by atoms with Crippen molar-refractivity contribution in [1.29, 1.82) is 0 Å². The maximum absolute atomic E-state index is 12.1. The van der Waals surface area contributed by atoms with Gasteiger partial charge in [0.05, 0.1) is 6.54 Å². The lowest BCUT2D eigenvalue weighted by molar-refractivity contribution is -0.119. The van der Waals surface area contributed by atoms with E-state index in [9.17, 15) is 4.79 Å². The van der Waals surface area contributed by atoms with E-state index in [0.29, 0.717) is 6.54 Å². The maximum Gasteiger partial charge on any atom is 0.239 e. The summed E-state index contributed by atoms with van der Waals surface area (Å²) >= 11 is 0. The lowest BCUT2D eigenvalue weighted by atomic mass is 9.96. The average Bonchev–Trinajstić information content (AvgIpc) is 3.36. The van der Waals surface area contributed by atoms with E-state index in [4.69, 9.17) is 0 Å². The molecule has 2 aromatic rings. The summed E-state index contributed by atoms with van der Waals surface area (Å²) in [4.78, 5) is 12.1. The fraction of sp³-hybridized carbons (Fsp3) is 0.350. The molecule has 0 spiro atoms. The molecule has 1 fully saturated rings. The standard InChI is InChI=1S/C20H24N2O/c1-15-8-9-16(2)18(12-15)21-13-19(23)22-14-20(10-11-20)17-6-4-3-5-7-17/h3-9,12,21H,10-11,13-14H2,1-2H3,(H,22,23). The summed E-state index contributed by atoms with van der Waals surface area (Å²) in [6.07, 6.45) is 2.31. The first-order chi connectivity index (χ1) is 11.1. The van der Waals surface area contributed by atoms with Crippen LogP contribution in [-0.2, 0) is 10.2 Å². The smallest absolute Gasteiger partial charge is 0.239 e. The molecule has 0 bridgehead atoms. The van der Waals surface area contributed by atoms with E-state index in [1.54, 1.807) is 0 Å². The van der Waals surface area contributed by atoms with Crippen molar-refractivity contribution in [2.75, 3.05) is 18.4 Å². The third-order valence-corrected chi connectivity index (χ3v) is 4.70. The van der Waals surface area contributed by atoms with Crippen LogP contribution in [0.25, 0.3) is 0 Å². The third-order valence-electron chi connectivity index (χ3n) is 4.70.